The van der Waals surface area contributed by atoms with Crippen LogP contribution in [0.5, 0.6) is 0 Å². The fourth-order valence-electron chi connectivity index (χ4n) is 1.78. The molecule has 0 fully saturated rings. The Morgan fingerprint density at radius 3 is 1.62 bits per heavy atom. The van der Waals surface area contributed by atoms with Crippen LogP contribution in [0.2, 0.25) is 0 Å². The lowest BCUT2D eigenvalue weighted by molar-refractivity contribution is 1.08. The van der Waals surface area contributed by atoms with Crippen molar-refractivity contribution in [3.63, 3.8) is 0 Å². The second-order valence-corrected chi connectivity index (χ2v) is 3.57. The zero-order valence-corrected chi connectivity index (χ0v) is 8.05. The smallest absolute Gasteiger partial charge is 0.151 e. The van der Waals surface area contributed by atoms with Crippen molar-refractivity contribution in [2.75, 3.05) is 21.3 Å². The van der Waals surface area contributed by atoms with Gasteiger partial charge in [0.1, 0.15) is 11.4 Å². The number of anilines is 4. The van der Waals surface area contributed by atoms with Crippen molar-refractivity contribution < 1.29 is 0 Å². The molecule has 0 aromatic carbocycles. The minimum absolute atomic E-state index is 0.855. The van der Waals surface area contributed by atoms with E-state index in [1.807, 2.05) is 0 Å². The summed E-state index contributed by atoms with van der Waals surface area (Å²) < 4.78 is 0. The van der Waals surface area contributed by atoms with Crippen molar-refractivity contribution in [2.45, 2.75) is 0 Å². The van der Waals surface area contributed by atoms with E-state index in [2.05, 4.69) is 41.7 Å². The first-order valence-electron chi connectivity index (χ1n) is 4.79. The van der Waals surface area contributed by atoms with Crippen LogP contribution in [0.1, 0.15) is 0 Å². The number of fused-ring (bicyclic) bond motifs is 2. The standard InChI is InChI=1S/C8H8N8/c1-3-5(15-9-1)13-7(11-3)8-12-4-2-10-16-6(4)14-8/h1-2,11-12H,(H2,9,13,15)(H2,10,14,16)/b8-7+. The summed E-state index contributed by atoms with van der Waals surface area (Å²) in [6.07, 6.45) is 3.46. The van der Waals surface area contributed by atoms with Gasteiger partial charge in [-0.1, -0.05) is 0 Å². The van der Waals surface area contributed by atoms with E-state index < -0.39 is 0 Å². The van der Waals surface area contributed by atoms with Gasteiger partial charge in [-0.2, -0.15) is 10.2 Å². The summed E-state index contributed by atoms with van der Waals surface area (Å²) >= 11 is 0. The third kappa shape index (κ3) is 0.874. The first kappa shape index (κ1) is 7.63. The molecule has 4 heterocycles. The lowest BCUT2D eigenvalue weighted by Crippen LogP contribution is -2.13. The zero-order chi connectivity index (χ0) is 10.5. The van der Waals surface area contributed by atoms with E-state index in [1.165, 1.54) is 0 Å². The molecule has 0 saturated carbocycles. The molecule has 0 bridgehead atoms. The van der Waals surface area contributed by atoms with Crippen LogP contribution < -0.4 is 21.3 Å². The van der Waals surface area contributed by atoms with Crippen LogP contribution in [-0.4, -0.2) is 20.4 Å². The third-order valence-electron chi connectivity index (χ3n) is 2.55. The van der Waals surface area contributed by atoms with Crippen molar-refractivity contribution in [1.82, 2.24) is 20.4 Å². The van der Waals surface area contributed by atoms with Gasteiger partial charge in [0.25, 0.3) is 0 Å². The predicted octanol–water partition coefficient (Wildman–Crippen LogP) is 0.634. The number of H-pyrrole nitrogens is 2. The van der Waals surface area contributed by atoms with E-state index in [9.17, 15) is 0 Å². The highest BCUT2D eigenvalue weighted by atomic mass is 15.4. The molecule has 2 aromatic rings. The van der Waals surface area contributed by atoms with Crippen LogP contribution >= 0.6 is 0 Å². The number of aromatic amines is 2. The molecule has 0 amide bonds. The number of hydrogen-bond donors (Lipinski definition) is 6. The Morgan fingerprint density at radius 1 is 0.688 bits per heavy atom. The van der Waals surface area contributed by atoms with E-state index in [4.69, 9.17) is 0 Å². The van der Waals surface area contributed by atoms with Crippen molar-refractivity contribution >= 4 is 23.0 Å². The quantitative estimate of drug-likeness (QED) is 0.386. The van der Waals surface area contributed by atoms with Crippen LogP contribution in [0.4, 0.5) is 23.0 Å². The number of rotatable bonds is 0. The van der Waals surface area contributed by atoms with E-state index in [-0.39, 0.29) is 0 Å². The maximum atomic E-state index is 3.90. The molecule has 0 saturated heterocycles. The summed E-state index contributed by atoms with van der Waals surface area (Å²) in [6.45, 7) is 0. The van der Waals surface area contributed by atoms with Gasteiger partial charge in [0.05, 0.1) is 12.4 Å². The molecule has 6 N–H and O–H groups in total. The molecule has 0 unspecified atom stereocenters. The van der Waals surface area contributed by atoms with Crippen LogP contribution in [0.3, 0.4) is 0 Å². The van der Waals surface area contributed by atoms with Crippen LogP contribution in [0.15, 0.2) is 24.0 Å². The Morgan fingerprint density at radius 2 is 1.19 bits per heavy atom. The fourth-order valence-corrected chi connectivity index (χ4v) is 1.78. The van der Waals surface area contributed by atoms with E-state index >= 15 is 0 Å². The monoisotopic (exact) mass is 216 g/mol. The topological polar surface area (TPSA) is 105 Å². The summed E-state index contributed by atoms with van der Waals surface area (Å²) in [7, 11) is 0. The van der Waals surface area contributed by atoms with Gasteiger partial charge in [0.15, 0.2) is 23.3 Å². The Balaban J connectivity index is 1.69. The first-order chi connectivity index (χ1) is 7.90. The predicted molar refractivity (Wildman–Crippen MR) is 58.7 cm³/mol. The summed E-state index contributed by atoms with van der Waals surface area (Å²) in [5, 5.41) is 26.3. The summed E-state index contributed by atoms with van der Waals surface area (Å²) in [4.78, 5) is 0. The van der Waals surface area contributed by atoms with Gasteiger partial charge in [-0.3, -0.25) is 10.2 Å². The lowest BCUT2D eigenvalue weighted by Gasteiger charge is -2.06. The van der Waals surface area contributed by atoms with Gasteiger partial charge in [-0.15, -0.1) is 0 Å². The van der Waals surface area contributed by atoms with Gasteiger partial charge in [-0.05, 0) is 0 Å². The van der Waals surface area contributed by atoms with Crippen molar-refractivity contribution in [3.05, 3.63) is 24.0 Å². The Hall–Kier alpha value is -2.64. The summed E-state index contributed by atoms with van der Waals surface area (Å²) in [6, 6.07) is 0. The molecule has 0 spiro atoms. The Kier molecular flexibility index (Phi) is 1.18. The van der Waals surface area contributed by atoms with Gasteiger partial charge < -0.3 is 21.3 Å². The lowest BCUT2D eigenvalue weighted by atomic mass is 10.5. The molecule has 8 heteroatoms. The summed E-state index contributed by atoms with van der Waals surface area (Å²) in [5.74, 6) is 3.43. The van der Waals surface area contributed by atoms with E-state index in [1.54, 1.807) is 12.4 Å². The Labute approximate surface area is 89.5 Å². The number of nitrogens with zero attached hydrogens (tertiary/aromatic N) is 2. The molecule has 4 rings (SSSR count). The highest BCUT2D eigenvalue weighted by Crippen LogP contribution is 2.33. The molecule has 0 atom stereocenters. The average Bonchev–Trinajstić information content (AvgIpc) is 2.94. The minimum atomic E-state index is 0.855. The normalized spacial score (nSPS) is 20.5. The van der Waals surface area contributed by atoms with Gasteiger partial charge in [0, 0.05) is 0 Å². The average molecular weight is 216 g/mol. The zero-order valence-electron chi connectivity index (χ0n) is 8.05. The van der Waals surface area contributed by atoms with Crippen molar-refractivity contribution in [3.8, 4) is 0 Å². The fraction of sp³-hybridized carbons (Fsp3) is 0. The SMILES string of the molecule is c1n[nH]c2c1N/C(=C1/Nc3cn[nH]c3N1)N2. The highest BCUT2D eigenvalue weighted by molar-refractivity contribution is 5.81. The van der Waals surface area contributed by atoms with Gasteiger partial charge in [0.2, 0.25) is 0 Å². The number of aromatic nitrogens is 4. The highest BCUT2D eigenvalue weighted by Gasteiger charge is 2.24. The van der Waals surface area contributed by atoms with Crippen molar-refractivity contribution in [2.24, 2.45) is 0 Å². The van der Waals surface area contributed by atoms with Gasteiger partial charge in [-0.25, -0.2) is 0 Å². The number of hydrogen-bond acceptors (Lipinski definition) is 6. The Bertz CT molecular complexity index is 493. The van der Waals surface area contributed by atoms with Crippen LogP contribution in [0, 0.1) is 0 Å². The molecule has 2 aromatic heterocycles. The largest absolute Gasteiger partial charge is 0.334 e. The molecule has 16 heavy (non-hydrogen) atoms. The van der Waals surface area contributed by atoms with Crippen LogP contribution in [0.25, 0.3) is 0 Å². The molecular formula is C8H8N8. The summed E-state index contributed by atoms with van der Waals surface area (Å²) in [5.41, 5.74) is 1.86. The first-order valence-corrected chi connectivity index (χ1v) is 4.79. The maximum absolute atomic E-state index is 3.90. The molecule has 8 nitrogen and oxygen atoms in total. The molecule has 0 radical (unpaired) electrons. The molecular weight excluding hydrogens is 208 g/mol. The second-order valence-electron chi connectivity index (χ2n) is 3.57. The third-order valence-corrected chi connectivity index (χ3v) is 2.55. The maximum Gasteiger partial charge on any atom is 0.151 e. The molecule has 2 aliphatic rings. The minimum Gasteiger partial charge on any atom is -0.334 e. The van der Waals surface area contributed by atoms with Crippen LogP contribution in [-0.2, 0) is 0 Å². The van der Waals surface area contributed by atoms with Gasteiger partial charge >= 0.3 is 0 Å². The molecule has 80 valence electrons. The van der Waals surface area contributed by atoms with Crippen molar-refractivity contribution in [1.29, 1.82) is 0 Å². The second kappa shape index (κ2) is 2.48. The number of nitrogens with one attached hydrogen (secondary N) is 6. The molecule has 0 aliphatic carbocycles. The molecule has 2 aliphatic heterocycles. The van der Waals surface area contributed by atoms with E-state index in [0.29, 0.717) is 0 Å². The van der Waals surface area contributed by atoms with E-state index in [0.717, 1.165) is 34.7 Å².